The molecule has 0 bridgehead atoms. The zero-order valence-corrected chi connectivity index (χ0v) is 12.3. The third kappa shape index (κ3) is 1.97. The summed E-state index contributed by atoms with van der Waals surface area (Å²) in [6, 6.07) is 13.4. The SMILES string of the molecule is CN(C)c1cccc2c1C(=O)N(c1cccc(O)c1)C2C#N. The summed E-state index contributed by atoms with van der Waals surface area (Å²) in [5.41, 5.74) is 2.53. The first kappa shape index (κ1) is 14.0. The van der Waals surface area contributed by atoms with Crippen LogP contribution in [-0.2, 0) is 0 Å². The zero-order valence-electron chi connectivity index (χ0n) is 12.3. The summed E-state index contributed by atoms with van der Waals surface area (Å²) >= 11 is 0. The van der Waals surface area contributed by atoms with Gasteiger partial charge in [0.25, 0.3) is 5.91 Å². The lowest BCUT2D eigenvalue weighted by Crippen LogP contribution is -2.27. The molecule has 1 N–H and O–H groups in total. The van der Waals surface area contributed by atoms with Gasteiger partial charge in [-0.25, -0.2) is 0 Å². The number of phenolic OH excluding ortho intramolecular Hbond substituents is 1. The number of phenols is 1. The molecule has 110 valence electrons. The topological polar surface area (TPSA) is 67.6 Å². The third-order valence-corrected chi connectivity index (χ3v) is 3.77. The Bertz CT molecular complexity index is 793. The monoisotopic (exact) mass is 293 g/mol. The number of benzene rings is 2. The highest BCUT2D eigenvalue weighted by Gasteiger charge is 2.40. The van der Waals surface area contributed by atoms with Gasteiger partial charge in [-0.2, -0.15) is 5.26 Å². The molecule has 3 rings (SSSR count). The van der Waals surface area contributed by atoms with Crippen LogP contribution in [0.5, 0.6) is 5.75 Å². The highest BCUT2D eigenvalue weighted by Crippen LogP contribution is 2.41. The van der Waals surface area contributed by atoms with E-state index in [2.05, 4.69) is 6.07 Å². The number of fused-ring (bicyclic) bond motifs is 1. The van der Waals surface area contributed by atoms with Gasteiger partial charge in [0.2, 0.25) is 0 Å². The Labute approximate surface area is 128 Å². The molecule has 1 aliphatic rings. The van der Waals surface area contributed by atoms with Crippen molar-refractivity contribution in [1.29, 1.82) is 5.26 Å². The van der Waals surface area contributed by atoms with Gasteiger partial charge in [0.1, 0.15) is 5.75 Å². The van der Waals surface area contributed by atoms with Gasteiger partial charge in [0.05, 0.1) is 11.6 Å². The van der Waals surface area contributed by atoms with Gasteiger partial charge < -0.3 is 10.0 Å². The number of rotatable bonds is 2. The highest BCUT2D eigenvalue weighted by molar-refractivity contribution is 6.15. The van der Waals surface area contributed by atoms with Crippen molar-refractivity contribution in [3.8, 4) is 11.8 Å². The standard InChI is InChI=1S/C17H15N3O2/c1-19(2)14-8-4-7-13-15(10-18)20(17(22)16(13)14)11-5-3-6-12(21)9-11/h3-9,15,21H,1-2H3. The second-order valence-corrected chi connectivity index (χ2v) is 5.36. The van der Waals surface area contributed by atoms with Crippen LogP contribution in [0.25, 0.3) is 0 Å². The van der Waals surface area contributed by atoms with Gasteiger partial charge in [0.15, 0.2) is 6.04 Å². The molecule has 0 saturated heterocycles. The fraction of sp³-hybridized carbons (Fsp3) is 0.176. The van der Waals surface area contributed by atoms with E-state index in [0.29, 0.717) is 16.8 Å². The predicted molar refractivity (Wildman–Crippen MR) is 84.0 cm³/mol. The molecular formula is C17H15N3O2. The maximum Gasteiger partial charge on any atom is 0.262 e. The molecule has 1 aliphatic heterocycles. The minimum Gasteiger partial charge on any atom is -0.508 e. The minimum absolute atomic E-state index is 0.0609. The van der Waals surface area contributed by atoms with Gasteiger partial charge in [-0.05, 0) is 18.2 Å². The summed E-state index contributed by atoms with van der Waals surface area (Å²) in [7, 11) is 3.72. The fourth-order valence-corrected chi connectivity index (χ4v) is 2.80. The van der Waals surface area contributed by atoms with E-state index in [0.717, 1.165) is 5.69 Å². The van der Waals surface area contributed by atoms with Crippen molar-refractivity contribution in [3.63, 3.8) is 0 Å². The first-order valence-electron chi connectivity index (χ1n) is 6.87. The van der Waals surface area contributed by atoms with E-state index < -0.39 is 6.04 Å². The molecule has 0 radical (unpaired) electrons. The van der Waals surface area contributed by atoms with Gasteiger partial charge in [-0.3, -0.25) is 9.69 Å². The largest absolute Gasteiger partial charge is 0.508 e. The van der Waals surface area contributed by atoms with Crippen LogP contribution >= 0.6 is 0 Å². The van der Waals surface area contributed by atoms with E-state index in [-0.39, 0.29) is 11.7 Å². The van der Waals surface area contributed by atoms with E-state index in [1.54, 1.807) is 18.2 Å². The molecule has 0 aromatic heterocycles. The van der Waals surface area contributed by atoms with Gasteiger partial charge in [-0.1, -0.05) is 18.2 Å². The quantitative estimate of drug-likeness (QED) is 0.924. The lowest BCUT2D eigenvalue weighted by Gasteiger charge is -2.20. The van der Waals surface area contributed by atoms with E-state index in [9.17, 15) is 15.2 Å². The van der Waals surface area contributed by atoms with Crippen molar-refractivity contribution < 1.29 is 9.90 Å². The van der Waals surface area contributed by atoms with Crippen molar-refractivity contribution >= 4 is 17.3 Å². The average Bonchev–Trinajstić information content (AvgIpc) is 2.79. The summed E-state index contributed by atoms with van der Waals surface area (Å²) in [5.74, 6) is -0.165. The molecular weight excluding hydrogens is 278 g/mol. The Balaban J connectivity index is 2.19. The first-order valence-corrected chi connectivity index (χ1v) is 6.87. The number of hydrogen-bond acceptors (Lipinski definition) is 4. The Kier molecular flexibility index (Phi) is 3.22. The molecule has 1 atom stereocenters. The van der Waals surface area contributed by atoms with Crippen LogP contribution in [0.3, 0.4) is 0 Å². The Morgan fingerprint density at radius 3 is 2.59 bits per heavy atom. The van der Waals surface area contributed by atoms with Crippen LogP contribution in [0.4, 0.5) is 11.4 Å². The van der Waals surface area contributed by atoms with Gasteiger partial charge in [-0.15, -0.1) is 0 Å². The highest BCUT2D eigenvalue weighted by atomic mass is 16.3. The summed E-state index contributed by atoms with van der Waals surface area (Å²) in [4.78, 5) is 16.2. The lowest BCUT2D eigenvalue weighted by molar-refractivity contribution is 0.0995. The molecule has 0 fully saturated rings. The maximum atomic E-state index is 12.9. The molecule has 2 aromatic carbocycles. The number of anilines is 2. The fourth-order valence-electron chi connectivity index (χ4n) is 2.80. The van der Waals surface area contributed by atoms with E-state index in [1.165, 1.54) is 17.0 Å². The molecule has 22 heavy (non-hydrogen) atoms. The van der Waals surface area contributed by atoms with Crippen molar-refractivity contribution in [2.24, 2.45) is 0 Å². The third-order valence-electron chi connectivity index (χ3n) is 3.77. The second-order valence-electron chi connectivity index (χ2n) is 5.36. The first-order chi connectivity index (χ1) is 10.5. The van der Waals surface area contributed by atoms with Crippen LogP contribution in [0.1, 0.15) is 22.0 Å². The minimum atomic E-state index is -0.691. The van der Waals surface area contributed by atoms with Crippen LogP contribution in [0, 0.1) is 11.3 Å². The maximum absolute atomic E-state index is 12.9. The molecule has 1 unspecified atom stereocenters. The van der Waals surface area contributed by atoms with E-state index >= 15 is 0 Å². The Morgan fingerprint density at radius 2 is 1.95 bits per heavy atom. The van der Waals surface area contributed by atoms with Crippen LogP contribution < -0.4 is 9.80 Å². The van der Waals surface area contributed by atoms with Crippen LogP contribution in [-0.4, -0.2) is 25.1 Å². The normalized spacial score (nSPS) is 16.3. The number of carbonyl (C=O) groups is 1. The zero-order chi connectivity index (χ0) is 15.9. The summed E-state index contributed by atoms with van der Waals surface area (Å²) in [6.45, 7) is 0. The van der Waals surface area contributed by atoms with Crippen molar-refractivity contribution in [2.75, 3.05) is 23.9 Å². The van der Waals surface area contributed by atoms with Crippen LogP contribution in [0.2, 0.25) is 0 Å². The number of aromatic hydroxyl groups is 1. The molecule has 0 aliphatic carbocycles. The number of hydrogen-bond donors (Lipinski definition) is 1. The molecule has 1 heterocycles. The number of amides is 1. The molecule has 5 heteroatoms. The molecule has 0 spiro atoms. The molecule has 2 aromatic rings. The lowest BCUT2D eigenvalue weighted by atomic mass is 10.0. The number of nitriles is 1. The molecule has 5 nitrogen and oxygen atoms in total. The summed E-state index contributed by atoms with van der Waals surface area (Å²) < 4.78 is 0. The van der Waals surface area contributed by atoms with Gasteiger partial charge >= 0.3 is 0 Å². The Hall–Kier alpha value is -3.00. The number of carbonyl (C=O) groups excluding carboxylic acids is 1. The summed E-state index contributed by atoms with van der Waals surface area (Å²) in [5, 5.41) is 19.2. The average molecular weight is 293 g/mol. The van der Waals surface area contributed by atoms with Crippen molar-refractivity contribution in [3.05, 3.63) is 53.6 Å². The smallest absolute Gasteiger partial charge is 0.262 e. The van der Waals surface area contributed by atoms with E-state index in [4.69, 9.17) is 0 Å². The Morgan fingerprint density at radius 1 is 1.23 bits per heavy atom. The molecule has 1 amide bonds. The number of nitrogens with zero attached hydrogens (tertiary/aromatic N) is 3. The summed E-state index contributed by atoms with van der Waals surface area (Å²) in [6.07, 6.45) is 0. The molecule has 0 saturated carbocycles. The van der Waals surface area contributed by atoms with Crippen LogP contribution in [0.15, 0.2) is 42.5 Å². The van der Waals surface area contributed by atoms with Crippen molar-refractivity contribution in [1.82, 2.24) is 0 Å². The second kappa shape index (κ2) is 5.08. The van der Waals surface area contributed by atoms with Crippen molar-refractivity contribution in [2.45, 2.75) is 6.04 Å². The predicted octanol–water partition coefficient (Wildman–Crippen LogP) is 2.68. The van der Waals surface area contributed by atoms with E-state index in [1.807, 2.05) is 31.1 Å². The van der Waals surface area contributed by atoms with Gasteiger partial charge in [0, 0.05) is 37.1 Å².